The second kappa shape index (κ2) is 9.06. The van der Waals surface area contributed by atoms with E-state index in [0.29, 0.717) is 38.4 Å². The first-order valence-corrected chi connectivity index (χ1v) is 11.1. The van der Waals surface area contributed by atoms with Crippen LogP contribution in [0.3, 0.4) is 0 Å². The lowest BCUT2D eigenvalue weighted by Crippen LogP contribution is -2.44. The summed E-state index contributed by atoms with van der Waals surface area (Å²) in [6, 6.07) is 9.63. The number of anilines is 2. The molecule has 0 radical (unpaired) electrons. The molecule has 3 heterocycles. The van der Waals surface area contributed by atoms with Crippen molar-refractivity contribution in [2.24, 2.45) is 11.8 Å². The Kier molecular flexibility index (Phi) is 6.21. The van der Waals surface area contributed by atoms with E-state index in [2.05, 4.69) is 15.3 Å². The fourth-order valence-corrected chi connectivity index (χ4v) is 4.46. The van der Waals surface area contributed by atoms with Crippen LogP contribution in [0.1, 0.15) is 36.2 Å². The largest absolute Gasteiger partial charge is 0.342 e. The average molecular weight is 436 g/mol. The van der Waals surface area contributed by atoms with Gasteiger partial charge in [-0.1, -0.05) is 17.7 Å². The quantitative estimate of drug-likeness (QED) is 0.797. The van der Waals surface area contributed by atoms with Crippen molar-refractivity contribution >= 4 is 29.4 Å². The van der Waals surface area contributed by atoms with Crippen LogP contribution in [0.4, 0.5) is 11.6 Å². The molecule has 0 spiro atoms. The van der Waals surface area contributed by atoms with E-state index < -0.39 is 0 Å². The highest BCUT2D eigenvalue weighted by Gasteiger charge is 2.38. The molecule has 1 aromatic heterocycles. The summed E-state index contributed by atoms with van der Waals surface area (Å²) in [5.41, 5.74) is 3.57. The number of hydrogen-bond donors (Lipinski definition) is 1. The van der Waals surface area contributed by atoms with Crippen LogP contribution >= 0.6 is 0 Å². The predicted molar refractivity (Wildman–Crippen MR) is 121 cm³/mol. The van der Waals surface area contributed by atoms with Crippen LogP contribution in [0.2, 0.25) is 0 Å². The standard InChI is InChI=1S/C24H29N5O3/c1-15-4-6-20(7-5-15)29-14-19(13-21(29)30)23(32)28-10-8-18(9-11-28)22(31)27-24-25-16(2)12-17(3)26-24/h4-7,12,18-19H,8-11,13-14H2,1-3H3,(H,25,26,27,31)/t19-/m1/s1. The molecule has 8 nitrogen and oxygen atoms in total. The summed E-state index contributed by atoms with van der Waals surface area (Å²) < 4.78 is 0. The van der Waals surface area contributed by atoms with Gasteiger partial charge in [-0.2, -0.15) is 0 Å². The summed E-state index contributed by atoms with van der Waals surface area (Å²) in [6.45, 7) is 7.16. The molecule has 32 heavy (non-hydrogen) atoms. The molecule has 0 unspecified atom stereocenters. The van der Waals surface area contributed by atoms with E-state index in [1.54, 1.807) is 9.80 Å². The van der Waals surface area contributed by atoms with E-state index in [-0.39, 0.29) is 36.0 Å². The zero-order valence-electron chi connectivity index (χ0n) is 18.8. The number of likely N-dealkylation sites (tertiary alicyclic amines) is 1. The van der Waals surface area contributed by atoms with Crippen molar-refractivity contribution in [3.05, 3.63) is 47.3 Å². The molecular weight excluding hydrogens is 406 g/mol. The molecule has 2 aliphatic rings. The monoisotopic (exact) mass is 435 g/mol. The normalized spacial score (nSPS) is 19.3. The number of aromatic nitrogens is 2. The van der Waals surface area contributed by atoms with Crippen molar-refractivity contribution in [2.45, 2.75) is 40.0 Å². The van der Waals surface area contributed by atoms with Gasteiger partial charge in [0, 0.05) is 49.0 Å². The zero-order valence-corrected chi connectivity index (χ0v) is 18.8. The number of piperidine rings is 1. The van der Waals surface area contributed by atoms with E-state index in [1.165, 1.54) is 0 Å². The van der Waals surface area contributed by atoms with Crippen molar-refractivity contribution < 1.29 is 14.4 Å². The maximum Gasteiger partial charge on any atom is 0.229 e. The zero-order chi connectivity index (χ0) is 22.8. The van der Waals surface area contributed by atoms with Gasteiger partial charge < -0.3 is 9.80 Å². The molecule has 0 bridgehead atoms. The van der Waals surface area contributed by atoms with Gasteiger partial charge in [-0.05, 0) is 51.8 Å². The predicted octanol–water partition coefficient (Wildman–Crippen LogP) is 2.63. The average Bonchev–Trinajstić information content (AvgIpc) is 3.14. The van der Waals surface area contributed by atoms with Crippen LogP contribution in [-0.2, 0) is 14.4 Å². The van der Waals surface area contributed by atoms with Crippen LogP contribution in [0, 0.1) is 32.6 Å². The number of nitrogens with one attached hydrogen (secondary N) is 1. The molecule has 8 heteroatoms. The third-order valence-electron chi connectivity index (χ3n) is 6.21. The van der Waals surface area contributed by atoms with E-state index >= 15 is 0 Å². The van der Waals surface area contributed by atoms with Gasteiger partial charge in [0.15, 0.2) is 0 Å². The Morgan fingerprint density at radius 3 is 2.22 bits per heavy atom. The minimum atomic E-state index is -0.335. The van der Waals surface area contributed by atoms with Crippen LogP contribution < -0.4 is 10.2 Å². The van der Waals surface area contributed by atoms with Gasteiger partial charge in [0.1, 0.15) is 0 Å². The van der Waals surface area contributed by atoms with E-state index in [0.717, 1.165) is 22.6 Å². The molecule has 1 N–H and O–H groups in total. The first-order valence-electron chi connectivity index (χ1n) is 11.1. The molecule has 1 atom stereocenters. The van der Waals surface area contributed by atoms with Gasteiger partial charge in [0.2, 0.25) is 23.7 Å². The number of rotatable bonds is 4. The van der Waals surface area contributed by atoms with Crippen molar-refractivity contribution in [3.63, 3.8) is 0 Å². The Morgan fingerprint density at radius 1 is 0.969 bits per heavy atom. The van der Waals surface area contributed by atoms with Gasteiger partial charge in [-0.15, -0.1) is 0 Å². The summed E-state index contributed by atoms with van der Waals surface area (Å²) in [7, 11) is 0. The maximum atomic E-state index is 13.0. The lowest BCUT2D eigenvalue weighted by atomic mass is 9.94. The molecule has 2 aromatic rings. The topological polar surface area (TPSA) is 95.5 Å². The highest BCUT2D eigenvalue weighted by molar-refractivity contribution is 6.00. The Morgan fingerprint density at radius 2 is 1.59 bits per heavy atom. The summed E-state index contributed by atoms with van der Waals surface area (Å²) in [4.78, 5) is 50.2. The van der Waals surface area contributed by atoms with Gasteiger partial charge in [0.05, 0.1) is 5.92 Å². The molecule has 0 aliphatic carbocycles. The fraction of sp³-hybridized carbons (Fsp3) is 0.458. The Hall–Kier alpha value is -3.29. The van der Waals surface area contributed by atoms with E-state index in [4.69, 9.17) is 0 Å². The third-order valence-corrected chi connectivity index (χ3v) is 6.21. The smallest absolute Gasteiger partial charge is 0.229 e. The maximum absolute atomic E-state index is 13.0. The fourth-order valence-electron chi connectivity index (χ4n) is 4.46. The molecule has 4 rings (SSSR count). The molecule has 2 fully saturated rings. The summed E-state index contributed by atoms with van der Waals surface area (Å²) in [6.07, 6.45) is 1.41. The van der Waals surface area contributed by atoms with Crippen molar-refractivity contribution in [1.29, 1.82) is 0 Å². The summed E-state index contributed by atoms with van der Waals surface area (Å²) in [5, 5.41) is 2.81. The van der Waals surface area contributed by atoms with Crippen LogP contribution in [0.15, 0.2) is 30.3 Å². The van der Waals surface area contributed by atoms with Crippen LogP contribution in [0.5, 0.6) is 0 Å². The molecule has 2 aliphatic heterocycles. The number of amides is 3. The number of hydrogen-bond acceptors (Lipinski definition) is 5. The molecule has 168 valence electrons. The molecule has 2 saturated heterocycles. The molecule has 0 saturated carbocycles. The number of carbonyl (C=O) groups excluding carboxylic acids is 3. The SMILES string of the molecule is Cc1ccc(N2C[C@H](C(=O)N3CCC(C(=O)Nc4nc(C)cc(C)n4)CC3)CC2=O)cc1. The second-order valence-electron chi connectivity index (χ2n) is 8.80. The minimum absolute atomic E-state index is 0.00413. The first-order chi connectivity index (χ1) is 15.3. The van der Waals surface area contributed by atoms with Gasteiger partial charge >= 0.3 is 0 Å². The third kappa shape index (κ3) is 4.79. The Bertz CT molecular complexity index is 1010. The first kappa shape index (κ1) is 21.9. The molecular formula is C24H29N5O3. The van der Waals surface area contributed by atoms with Gasteiger partial charge in [0.25, 0.3) is 0 Å². The van der Waals surface area contributed by atoms with Gasteiger partial charge in [-0.3, -0.25) is 19.7 Å². The number of aryl methyl sites for hydroxylation is 3. The van der Waals surface area contributed by atoms with Gasteiger partial charge in [-0.25, -0.2) is 9.97 Å². The number of nitrogens with zero attached hydrogens (tertiary/aromatic N) is 4. The van der Waals surface area contributed by atoms with Crippen LogP contribution in [0.25, 0.3) is 0 Å². The lowest BCUT2D eigenvalue weighted by Gasteiger charge is -2.32. The highest BCUT2D eigenvalue weighted by Crippen LogP contribution is 2.28. The number of benzene rings is 1. The summed E-state index contributed by atoms with van der Waals surface area (Å²) in [5.74, 6) is -0.315. The number of carbonyl (C=O) groups is 3. The lowest BCUT2D eigenvalue weighted by molar-refractivity contribution is -0.138. The minimum Gasteiger partial charge on any atom is -0.342 e. The summed E-state index contributed by atoms with van der Waals surface area (Å²) >= 11 is 0. The van der Waals surface area contributed by atoms with E-state index in [9.17, 15) is 14.4 Å². The van der Waals surface area contributed by atoms with E-state index in [1.807, 2.05) is 51.1 Å². The Balaban J connectivity index is 1.31. The highest BCUT2D eigenvalue weighted by atomic mass is 16.2. The van der Waals surface area contributed by atoms with Crippen LogP contribution in [-0.4, -0.2) is 52.2 Å². The van der Waals surface area contributed by atoms with Crippen molar-refractivity contribution in [2.75, 3.05) is 29.9 Å². The molecule has 3 amide bonds. The van der Waals surface area contributed by atoms with Crippen molar-refractivity contribution in [1.82, 2.24) is 14.9 Å². The second-order valence-corrected chi connectivity index (χ2v) is 8.80. The Labute approximate surface area is 188 Å². The van der Waals surface area contributed by atoms with Crippen molar-refractivity contribution in [3.8, 4) is 0 Å². The molecule has 1 aromatic carbocycles.